The summed E-state index contributed by atoms with van der Waals surface area (Å²) in [5, 5.41) is 30.0. The summed E-state index contributed by atoms with van der Waals surface area (Å²) in [6, 6.07) is 17.9. The minimum absolute atomic E-state index is 0.216. The minimum Gasteiger partial charge on any atom is -0.504 e. The second kappa shape index (κ2) is 8.20. The Bertz CT molecular complexity index is 1250. The maximum atomic E-state index is 13.4. The van der Waals surface area contributed by atoms with Crippen molar-refractivity contribution in [2.24, 2.45) is 4.99 Å². The summed E-state index contributed by atoms with van der Waals surface area (Å²) in [6.07, 6.45) is 1.48. The van der Waals surface area contributed by atoms with Gasteiger partial charge in [-0.2, -0.15) is 0 Å². The molecule has 4 rings (SSSR count). The monoisotopic (exact) mass is 432 g/mol. The van der Waals surface area contributed by atoms with Crippen LogP contribution in [0.15, 0.2) is 70.6 Å². The van der Waals surface area contributed by atoms with Gasteiger partial charge in [0.2, 0.25) is 5.75 Å². The molecule has 3 N–H and O–H groups in total. The molecule has 1 saturated heterocycles. The van der Waals surface area contributed by atoms with Gasteiger partial charge in [0, 0.05) is 5.56 Å². The van der Waals surface area contributed by atoms with Crippen LogP contribution in [0.25, 0.3) is 6.08 Å². The fourth-order valence-electron chi connectivity index (χ4n) is 3.21. The van der Waals surface area contributed by atoms with Gasteiger partial charge in [0.25, 0.3) is 5.91 Å². The van der Waals surface area contributed by atoms with Crippen LogP contribution in [-0.2, 0) is 4.79 Å². The highest BCUT2D eigenvalue weighted by atomic mass is 32.2. The first-order valence-corrected chi connectivity index (χ1v) is 10.4. The zero-order valence-electron chi connectivity index (χ0n) is 16.9. The van der Waals surface area contributed by atoms with Crippen molar-refractivity contribution in [1.82, 2.24) is 0 Å². The second-order valence-corrected chi connectivity index (χ2v) is 8.10. The molecule has 3 aromatic carbocycles. The number of thioether (sulfide) groups is 1. The van der Waals surface area contributed by atoms with Crippen molar-refractivity contribution < 1.29 is 20.1 Å². The van der Waals surface area contributed by atoms with Crippen LogP contribution < -0.4 is 4.90 Å². The van der Waals surface area contributed by atoms with Crippen LogP contribution in [0, 0.1) is 13.8 Å². The van der Waals surface area contributed by atoms with E-state index in [1.807, 2.05) is 62.4 Å². The molecule has 0 unspecified atom stereocenters. The molecule has 3 aromatic rings. The number of amidine groups is 1. The second-order valence-electron chi connectivity index (χ2n) is 7.09. The standard InChI is InChI=1S/C24H20N2O4S/c1-14-7-3-5-9-17(14)25-24-26(18-10-6-4-8-15(18)2)23(30)20(31-24)13-16-11-12-19(27)22(29)21(16)28/h3-13,27-29H,1-2H3/b20-13+,25-24?. The van der Waals surface area contributed by atoms with Crippen molar-refractivity contribution in [2.45, 2.75) is 13.8 Å². The highest BCUT2D eigenvalue weighted by molar-refractivity contribution is 8.19. The van der Waals surface area contributed by atoms with Crippen molar-refractivity contribution in [3.05, 3.63) is 82.3 Å². The predicted octanol–water partition coefficient (Wildman–Crippen LogP) is 5.23. The molecule has 7 heteroatoms. The summed E-state index contributed by atoms with van der Waals surface area (Å²) in [4.78, 5) is 20.0. The van der Waals surface area contributed by atoms with Crippen LogP contribution in [0.4, 0.5) is 11.4 Å². The normalized spacial score (nSPS) is 16.5. The molecular weight excluding hydrogens is 412 g/mol. The van der Waals surface area contributed by atoms with Gasteiger partial charge in [0.15, 0.2) is 16.7 Å². The smallest absolute Gasteiger partial charge is 0.271 e. The van der Waals surface area contributed by atoms with Gasteiger partial charge in [-0.05, 0) is 67.1 Å². The first-order valence-electron chi connectivity index (χ1n) is 9.54. The van der Waals surface area contributed by atoms with E-state index in [-0.39, 0.29) is 11.5 Å². The molecule has 156 valence electrons. The van der Waals surface area contributed by atoms with Crippen molar-refractivity contribution in [1.29, 1.82) is 0 Å². The fourth-order valence-corrected chi connectivity index (χ4v) is 4.19. The molecule has 0 aromatic heterocycles. The summed E-state index contributed by atoms with van der Waals surface area (Å²) >= 11 is 1.18. The number of aromatic hydroxyl groups is 3. The van der Waals surface area contributed by atoms with Gasteiger partial charge in [0.05, 0.1) is 16.3 Å². The zero-order valence-corrected chi connectivity index (χ0v) is 17.7. The Labute approximate surface area is 183 Å². The quantitative estimate of drug-likeness (QED) is 0.389. The first kappa shape index (κ1) is 20.6. The van der Waals surface area contributed by atoms with Gasteiger partial charge in [-0.15, -0.1) is 0 Å². The van der Waals surface area contributed by atoms with Gasteiger partial charge in [-0.3, -0.25) is 9.69 Å². The Morgan fingerprint density at radius 1 is 0.871 bits per heavy atom. The number of aliphatic imine (C=N–C) groups is 1. The lowest BCUT2D eigenvalue weighted by Gasteiger charge is -2.18. The van der Waals surface area contributed by atoms with Crippen molar-refractivity contribution in [3.63, 3.8) is 0 Å². The van der Waals surface area contributed by atoms with E-state index in [1.54, 1.807) is 4.90 Å². The number of phenols is 3. The number of hydrogen-bond donors (Lipinski definition) is 3. The van der Waals surface area contributed by atoms with Crippen LogP contribution in [0.3, 0.4) is 0 Å². The minimum atomic E-state index is -0.630. The van der Waals surface area contributed by atoms with Gasteiger partial charge in [-0.25, -0.2) is 4.99 Å². The molecule has 1 aliphatic rings. The molecule has 0 radical (unpaired) electrons. The van der Waals surface area contributed by atoms with E-state index < -0.39 is 17.2 Å². The van der Waals surface area contributed by atoms with Crippen LogP contribution in [-0.4, -0.2) is 26.4 Å². The van der Waals surface area contributed by atoms with Crippen molar-refractivity contribution in [2.75, 3.05) is 4.90 Å². The van der Waals surface area contributed by atoms with E-state index in [4.69, 9.17) is 4.99 Å². The molecule has 0 spiro atoms. The van der Waals surface area contributed by atoms with E-state index in [1.165, 1.54) is 30.0 Å². The van der Waals surface area contributed by atoms with E-state index in [2.05, 4.69) is 0 Å². The van der Waals surface area contributed by atoms with Crippen LogP contribution in [0.5, 0.6) is 17.2 Å². The average molecular weight is 433 g/mol. The molecule has 6 nitrogen and oxygen atoms in total. The molecule has 1 amide bonds. The predicted molar refractivity (Wildman–Crippen MR) is 124 cm³/mol. The molecular formula is C24H20N2O4S. The Hall–Kier alpha value is -3.71. The summed E-state index contributed by atoms with van der Waals surface area (Å²) < 4.78 is 0. The SMILES string of the molecule is Cc1ccccc1N=C1S/C(=C/c2ccc(O)c(O)c2O)C(=O)N1c1ccccc1C. The largest absolute Gasteiger partial charge is 0.504 e. The Kier molecular flexibility index (Phi) is 5.44. The molecule has 31 heavy (non-hydrogen) atoms. The van der Waals surface area contributed by atoms with Crippen LogP contribution in [0.2, 0.25) is 0 Å². The third-order valence-electron chi connectivity index (χ3n) is 4.94. The summed E-state index contributed by atoms with van der Waals surface area (Å²) in [5.74, 6) is -1.85. The van der Waals surface area contributed by atoms with Crippen LogP contribution >= 0.6 is 11.8 Å². The topological polar surface area (TPSA) is 93.4 Å². The number of carbonyl (C=O) groups is 1. The number of carbonyl (C=O) groups excluding carboxylic acids is 1. The van der Waals surface area contributed by atoms with E-state index in [0.717, 1.165) is 16.8 Å². The molecule has 1 heterocycles. The molecule has 0 bridgehead atoms. The number of para-hydroxylation sites is 2. The molecule has 0 saturated carbocycles. The highest BCUT2D eigenvalue weighted by Gasteiger charge is 2.35. The number of amides is 1. The Morgan fingerprint density at radius 3 is 2.26 bits per heavy atom. The molecule has 0 atom stereocenters. The number of rotatable bonds is 3. The number of phenolic OH excluding ortho intramolecular Hbond substituents is 3. The maximum absolute atomic E-state index is 13.4. The first-order chi connectivity index (χ1) is 14.9. The van der Waals surface area contributed by atoms with Crippen LogP contribution in [0.1, 0.15) is 16.7 Å². The van der Waals surface area contributed by atoms with Crippen molar-refractivity contribution in [3.8, 4) is 17.2 Å². The lowest BCUT2D eigenvalue weighted by molar-refractivity contribution is -0.113. The number of anilines is 1. The molecule has 1 aliphatic heterocycles. The lowest BCUT2D eigenvalue weighted by atomic mass is 10.1. The zero-order chi connectivity index (χ0) is 22.1. The number of hydrogen-bond acceptors (Lipinski definition) is 6. The third-order valence-corrected chi connectivity index (χ3v) is 5.91. The van der Waals surface area contributed by atoms with Crippen molar-refractivity contribution >= 4 is 40.3 Å². The van der Waals surface area contributed by atoms with E-state index >= 15 is 0 Å². The van der Waals surface area contributed by atoms with E-state index in [0.29, 0.717) is 15.8 Å². The summed E-state index contributed by atoms with van der Waals surface area (Å²) in [7, 11) is 0. The van der Waals surface area contributed by atoms with Gasteiger partial charge < -0.3 is 15.3 Å². The van der Waals surface area contributed by atoms with E-state index in [9.17, 15) is 20.1 Å². The summed E-state index contributed by atoms with van der Waals surface area (Å²) in [5.41, 5.74) is 3.58. The molecule has 0 aliphatic carbocycles. The summed E-state index contributed by atoms with van der Waals surface area (Å²) in [6.45, 7) is 3.87. The van der Waals surface area contributed by atoms with Gasteiger partial charge >= 0.3 is 0 Å². The van der Waals surface area contributed by atoms with Gasteiger partial charge in [0.1, 0.15) is 0 Å². The fraction of sp³-hybridized carbons (Fsp3) is 0.0833. The third kappa shape index (κ3) is 3.87. The number of nitrogens with zero attached hydrogens (tertiary/aromatic N) is 2. The number of aryl methyl sites for hydroxylation is 2. The van der Waals surface area contributed by atoms with Gasteiger partial charge in [-0.1, -0.05) is 36.4 Å². The maximum Gasteiger partial charge on any atom is 0.271 e. The number of benzene rings is 3. The Balaban J connectivity index is 1.84. The lowest BCUT2D eigenvalue weighted by Crippen LogP contribution is -2.29. The average Bonchev–Trinajstić information content (AvgIpc) is 3.05. The molecule has 1 fully saturated rings. The highest BCUT2D eigenvalue weighted by Crippen LogP contribution is 2.42. The Morgan fingerprint density at radius 2 is 1.55 bits per heavy atom.